The Morgan fingerprint density at radius 2 is 2.21 bits per heavy atom. The maximum Gasteiger partial charge on any atom is 0.258 e. The van der Waals surface area contributed by atoms with Gasteiger partial charge in [0.15, 0.2) is 17.3 Å². The second-order valence-corrected chi connectivity index (χ2v) is 5.48. The van der Waals surface area contributed by atoms with Crippen LogP contribution in [-0.2, 0) is 13.1 Å². The molecule has 9 heteroatoms. The van der Waals surface area contributed by atoms with Crippen molar-refractivity contribution < 1.29 is 14.0 Å². The van der Waals surface area contributed by atoms with E-state index in [0.29, 0.717) is 30.6 Å². The van der Waals surface area contributed by atoms with Gasteiger partial charge in [0.05, 0.1) is 13.1 Å². The summed E-state index contributed by atoms with van der Waals surface area (Å²) < 4.78 is 17.7. The largest absolute Gasteiger partial charge is 0.454 e. The quantitative estimate of drug-likeness (QED) is 0.721. The third kappa shape index (κ3) is 3.06. The van der Waals surface area contributed by atoms with E-state index >= 15 is 0 Å². The molecule has 0 radical (unpaired) electrons. The van der Waals surface area contributed by atoms with E-state index in [1.165, 1.54) is 6.33 Å². The van der Waals surface area contributed by atoms with Crippen LogP contribution in [0.15, 0.2) is 35.4 Å². The lowest BCUT2D eigenvalue weighted by atomic mass is 10.2. The van der Waals surface area contributed by atoms with Crippen molar-refractivity contribution in [2.75, 3.05) is 6.79 Å². The van der Waals surface area contributed by atoms with Crippen molar-refractivity contribution >= 4 is 0 Å². The molecule has 1 aliphatic rings. The van der Waals surface area contributed by atoms with E-state index in [9.17, 15) is 0 Å². The molecule has 0 fully saturated rings. The summed E-state index contributed by atoms with van der Waals surface area (Å²) in [6, 6.07) is 5.73. The minimum absolute atomic E-state index is 0.194. The number of hydrogen-bond acceptors (Lipinski definition) is 8. The topological polar surface area (TPSA) is 100 Å². The number of rotatable bonds is 6. The van der Waals surface area contributed by atoms with Gasteiger partial charge in [-0.2, -0.15) is 10.1 Å². The second kappa shape index (κ2) is 6.28. The van der Waals surface area contributed by atoms with Crippen molar-refractivity contribution in [2.45, 2.75) is 26.1 Å². The summed E-state index contributed by atoms with van der Waals surface area (Å²) in [6.45, 7) is 3.51. The van der Waals surface area contributed by atoms with Crippen LogP contribution in [-0.4, -0.2) is 37.7 Å². The van der Waals surface area contributed by atoms with Gasteiger partial charge in [-0.25, -0.2) is 4.98 Å². The van der Waals surface area contributed by atoms with Crippen LogP contribution in [0.3, 0.4) is 0 Å². The molecule has 0 saturated carbocycles. The van der Waals surface area contributed by atoms with Crippen molar-refractivity contribution in [3.8, 4) is 23.0 Å². The molecule has 4 rings (SSSR count). The smallest absolute Gasteiger partial charge is 0.258 e. The van der Waals surface area contributed by atoms with E-state index in [1.54, 1.807) is 11.0 Å². The minimum atomic E-state index is 0.194. The van der Waals surface area contributed by atoms with Crippen LogP contribution >= 0.6 is 0 Å². The molecule has 2 aromatic heterocycles. The third-order valence-electron chi connectivity index (χ3n) is 3.62. The molecule has 1 N–H and O–H groups in total. The van der Waals surface area contributed by atoms with Gasteiger partial charge < -0.3 is 19.3 Å². The molecule has 124 valence electrons. The highest BCUT2D eigenvalue weighted by Crippen LogP contribution is 2.35. The molecule has 0 unspecified atom stereocenters. The third-order valence-corrected chi connectivity index (χ3v) is 3.62. The maximum absolute atomic E-state index is 5.36. The first kappa shape index (κ1) is 14.6. The first-order valence-corrected chi connectivity index (χ1v) is 7.56. The summed E-state index contributed by atoms with van der Waals surface area (Å²) in [5, 5.41) is 11.4. The van der Waals surface area contributed by atoms with E-state index in [1.807, 2.05) is 18.2 Å². The van der Waals surface area contributed by atoms with Gasteiger partial charge in [0.1, 0.15) is 12.7 Å². The van der Waals surface area contributed by atoms with E-state index < -0.39 is 0 Å². The van der Waals surface area contributed by atoms with E-state index in [4.69, 9.17) is 14.0 Å². The van der Waals surface area contributed by atoms with Crippen molar-refractivity contribution in [3.63, 3.8) is 0 Å². The van der Waals surface area contributed by atoms with Gasteiger partial charge in [-0.15, -0.1) is 0 Å². The molecule has 0 aliphatic carbocycles. The normalized spacial score (nSPS) is 14.0. The minimum Gasteiger partial charge on any atom is -0.454 e. The predicted molar refractivity (Wildman–Crippen MR) is 82.2 cm³/mol. The molecule has 1 aromatic carbocycles. The number of ether oxygens (including phenoxy) is 2. The number of nitrogens with zero attached hydrogens (tertiary/aromatic N) is 5. The number of hydrogen-bond donors (Lipinski definition) is 1. The lowest BCUT2D eigenvalue weighted by Crippen LogP contribution is -2.30. The Kier molecular flexibility index (Phi) is 3.83. The Balaban J connectivity index is 1.38. The predicted octanol–water partition coefficient (Wildman–Crippen LogP) is 1.24. The van der Waals surface area contributed by atoms with Crippen molar-refractivity contribution in [1.82, 2.24) is 30.2 Å². The summed E-state index contributed by atoms with van der Waals surface area (Å²) in [6.07, 6.45) is 3.20. The zero-order valence-electron chi connectivity index (χ0n) is 13.0. The number of benzene rings is 1. The molecule has 0 spiro atoms. The Labute approximate surface area is 137 Å². The fourth-order valence-electron chi connectivity index (χ4n) is 2.41. The fourth-order valence-corrected chi connectivity index (χ4v) is 2.41. The van der Waals surface area contributed by atoms with Gasteiger partial charge in [-0.05, 0) is 25.1 Å². The molecule has 3 heterocycles. The second-order valence-electron chi connectivity index (χ2n) is 5.48. The summed E-state index contributed by atoms with van der Waals surface area (Å²) in [4.78, 5) is 8.32. The zero-order chi connectivity index (χ0) is 16.4. The summed E-state index contributed by atoms with van der Waals surface area (Å²) in [7, 11) is 0. The van der Waals surface area contributed by atoms with Gasteiger partial charge in [0, 0.05) is 11.6 Å². The van der Waals surface area contributed by atoms with Gasteiger partial charge in [0.2, 0.25) is 6.79 Å². The summed E-state index contributed by atoms with van der Waals surface area (Å²) in [5.41, 5.74) is 0.800. The average Bonchev–Trinajstić information content (AvgIpc) is 3.33. The lowest BCUT2D eigenvalue weighted by molar-refractivity contribution is 0.174. The van der Waals surface area contributed by atoms with Gasteiger partial charge in [0.25, 0.3) is 5.89 Å². The van der Waals surface area contributed by atoms with Crippen LogP contribution in [0.1, 0.15) is 12.7 Å². The lowest BCUT2D eigenvalue weighted by Gasteiger charge is -2.11. The number of nitrogens with one attached hydrogen (secondary N) is 1. The van der Waals surface area contributed by atoms with Gasteiger partial charge >= 0.3 is 0 Å². The molecule has 0 amide bonds. The van der Waals surface area contributed by atoms with Crippen LogP contribution in [0.5, 0.6) is 11.5 Å². The van der Waals surface area contributed by atoms with Crippen molar-refractivity contribution in [2.24, 2.45) is 0 Å². The Hall–Kier alpha value is -2.94. The highest BCUT2D eigenvalue weighted by atomic mass is 16.7. The van der Waals surface area contributed by atoms with Crippen LogP contribution in [0.25, 0.3) is 11.5 Å². The Morgan fingerprint density at radius 1 is 1.29 bits per heavy atom. The molecule has 0 bridgehead atoms. The van der Waals surface area contributed by atoms with Crippen LogP contribution in [0, 0.1) is 0 Å². The van der Waals surface area contributed by atoms with E-state index in [0.717, 1.165) is 11.3 Å². The van der Waals surface area contributed by atoms with Crippen molar-refractivity contribution in [1.29, 1.82) is 0 Å². The molecule has 9 nitrogen and oxygen atoms in total. The van der Waals surface area contributed by atoms with Gasteiger partial charge in [-0.1, -0.05) is 5.16 Å². The molecular formula is C15H16N6O3. The zero-order valence-corrected chi connectivity index (χ0v) is 13.0. The maximum atomic E-state index is 5.36. The highest BCUT2D eigenvalue weighted by Gasteiger charge is 2.17. The first-order chi connectivity index (χ1) is 11.8. The van der Waals surface area contributed by atoms with E-state index in [-0.39, 0.29) is 12.8 Å². The highest BCUT2D eigenvalue weighted by molar-refractivity contribution is 5.60. The van der Waals surface area contributed by atoms with E-state index in [2.05, 4.69) is 32.5 Å². The Morgan fingerprint density at radius 3 is 3.08 bits per heavy atom. The summed E-state index contributed by atoms with van der Waals surface area (Å²) in [5.74, 6) is 2.45. The monoisotopic (exact) mass is 328 g/mol. The van der Waals surface area contributed by atoms with Crippen LogP contribution in [0.4, 0.5) is 0 Å². The molecule has 3 aromatic rings. The van der Waals surface area contributed by atoms with Crippen molar-refractivity contribution in [3.05, 3.63) is 36.7 Å². The average molecular weight is 328 g/mol. The molecule has 0 saturated heterocycles. The molecular weight excluding hydrogens is 312 g/mol. The standard InChI is InChI=1S/C15H16N6O3/c1-10(6-21-8-16-7-18-21)17-5-14-19-15(24-20-14)11-2-3-12-13(4-11)23-9-22-12/h2-4,7-8,10,17H,5-6,9H2,1H3/t10-/m1/s1. The SMILES string of the molecule is C[C@H](Cn1cncn1)NCc1noc(-c2ccc3c(c2)OCO3)n1. The van der Waals surface area contributed by atoms with Crippen LogP contribution in [0.2, 0.25) is 0 Å². The van der Waals surface area contributed by atoms with Gasteiger partial charge in [-0.3, -0.25) is 4.68 Å². The number of aromatic nitrogens is 5. The number of fused-ring (bicyclic) bond motifs is 1. The molecule has 24 heavy (non-hydrogen) atoms. The molecule has 1 atom stereocenters. The fraction of sp³-hybridized carbons (Fsp3) is 0.333. The van der Waals surface area contributed by atoms with Crippen LogP contribution < -0.4 is 14.8 Å². The first-order valence-electron chi connectivity index (χ1n) is 7.56. The summed E-state index contributed by atoms with van der Waals surface area (Å²) >= 11 is 0. The molecule has 1 aliphatic heterocycles. The Bertz CT molecular complexity index is 816.